The molecule has 2 heterocycles. The summed E-state index contributed by atoms with van der Waals surface area (Å²) in [6.45, 7) is 7.66. The second-order valence-corrected chi connectivity index (χ2v) is 7.95. The fourth-order valence-corrected chi connectivity index (χ4v) is 3.84. The number of anilines is 1. The van der Waals surface area contributed by atoms with E-state index >= 15 is 0 Å². The first-order valence-corrected chi connectivity index (χ1v) is 10.3. The van der Waals surface area contributed by atoms with Crippen LogP contribution in [0, 0.1) is 0 Å². The van der Waals surface area contributed by atoms with E-state index in [4.69, 9.17) is 9.47 Å². The van der Waals surface area contributed by atoms with Crippen LogP contribution in [0.15, 0.2) is 42.5 Å². The maximum Gasteiger partial charge on any atom is 0.313 e. The van der Waals surface area contributed by atoms with Gasteiger partial charge in [-0.25, -0.2) is 0 Å². The van der Waals surface area contributed by atoms with E-state index in [0.717, 1.165) is 42.3 Å². The minimum Gasteiger partial charge on any atom is -0.454 e. The van der Waals surface area contributed by atoms with Gasteiger partial charge in [0.15, 0.2) is 11.5 Å². The zero-order valence-corrected chi connectivity index (χ0v) is 17.4. The van der Waals surface area contributed by atoms with Crippen LogP contribution in [0.3, 0.4) is 0 Å². The molecule has 7 heteroatoms. The van der Waals surface area contributed by atoms with Crippen molar-refractivity contribution in [2.45, 2.75) is 26.3 Å². The van der Waals surface area contributed by atoms with Crippen LogP contribution in [0.5, 0.6) is 11.5 Å². The first-order chi connectivity index (χ1) is 14.5. The van der Waals surface area contributed by atoms with E-state index < -0.39 is 11.8 Å². The Morgan fingerprint density at radius 1 is 1.00 bits per heavy atom. The van der Waals surface area contributed by atoms with Gasteiger partial charge in [-0.15, -0.1) is 0 Å². The molecule has 0 radical (unpaired) electrons. The predicted molar refractivity (Wildman–Crippen MR) is 114 cm³/mol. The maximum absolute atomic E-state index is 12.6. The van der Waals surface area contributed by atoms with Gasteiger partial charge >= 0.3 is 11.8 Å². The van der Waals surface area contributed by atoms with Crippen molar-refractivity contribution in [2.24, 2.45) is 0 Å². The van der Waals surface area contributed by atoms with Crippen LogP contribution in [0.4, 0.5) is 5.69 Å². The average Bonchev–Trinajstić information content (AvgIpc) is 3.22. The van der Waals surface area contributed by atoms with E-state index in [2.05, 4.69) is 24.1 Å². The topological polar surface area (TPSA) is 71.1 Å². The quantitative estimate of drug-likeness (QED) is 0.787. The van der Waals surface area contributed by atoms with E-state index in [-0.39, 0.29) is 12.7 Å². The number of carbonyl (C=O) groups excluding carboxylic acids is 2. The van der Waals surface area contributed by atoms with Gasteiger partial charge in [-0.1, -0.05) is 38.1 Å². The molecule has 2 aliphatic rings. The SMILES string of the molecule is CC(C)c1ccccc1NC(=O)C(=O)N1CCN(Cc2ccc3c(c2)OCO3)CC1. The Morgan fingerprint density at radius 2 is 1.73 bits per heavy atom. The Labute approximate surface area is 176 Å². The van der Waals surface area contributed by atoms with Gasteiger partial charge in [0.25, 0.3) is 0 Å². The number of piperazine rings is 1. The molecule has 7 nitrogen and oxygen atoms in total. The van der Waals surface area contributed by atoms with Crippen LogP contribution in [-0.2, 0) is 16.1 Å². The maximum atomic E-state index is 12.6. The summed E-state index contributed by atoms with van der Waals surface area (Å²) in [6, 6.07) is 13.6. The van der Waals surface area contributed by atoms with E-state index in [1.165, 1.54) is 0 Å². The summed E-state index contributed by atoms with van der Waals surface area (Å²) in [5.41, 5.74) is 2.86. The molecule has 2 aromatic carbocycles. The van der Waals surface area contributed by atoms with Crippen molar-refractivity contribution in [3.63, 3.8) is 0 Å². The van der Waals surface area contributed by atoms with Gasteiger partial charge in [-0.3, -0.25) is 14.5 Å². The summed E-state index contributed by atoms with van der Waals surface area (Å²) < 4.78 is 10.8. The first kappa shape index (κ1) is 20.2. The highest BCUT2D eigenvalue weighted by Gasteiger charge is 2.27. The van der Waals surface area contributed by atoms with Crippen LogP contribution in [0.25, 0.3) is 0 Å². The molecule has 2 amide bonds. The van der Waals surface area contributed by atoms with Crippen molar-refractivity contribution in [1.29, 1.82) is 0 Å². The van der Waals surface area contributed by atoms with Crippen LogP contribution in [-0.4, -0.2) is 54.6 Å². The first-order valence-electron chi connectivity index (χ1n) is 10.3. The largest absolute Gasteiger partial charge is 0.454 e. The molecule has 0 aliphatic carbocycles. The number of rotatable bonds is 4. The number of nitrogens with one attached hydrogen (secondary N) is 1. The third kappa shape index (κ3) is 4.41. The zero-order valence-electron chi connectivity index (χ0n) is 17.4. The molecule has 0 bridgehead atoms. The molecule has 2 aromatic rings. The lowest BCUT2D eigenvalue weighted by Crippen LogP contribution is -2.51. The highest BCUT2D eigenvalue weighted by atomic mass is 16.7. The van der Waals surface area contributed by atoms with Crippen LogP contribution in [0.1, 0.15) is 30.9 Å². The number of para-hydroxylation sites is 1. The Kier molecular flexibility index (Phi) is 5.90. The molecule has 4 rings (SSSR count). The van der Waals surface area contributed by atoms with Gasteiger partial charge in [-0.2, -0.15) is 0 Å². The summed E-state index contributed by atoms with van der Waals surface area (Å²) in [4.78, 5) is 29.1. The monoisotopic (exact) mass is 409 g/mol. The van der Waals surface area contributed by atoms with Crippen molar-refractivity contribution in [3.05, 3.63) is 53.6 Å². The van der Waals surface area contributed by atoms with Gasteiger partial charge < -0.3 is 19.7 Å². The highest BCUT2D eigenvalue weighted by Crippen LogP contribution is 2.32. The minimum atomic E-state index is -0.577. The van der Waals surface area contributed by atoms with Gasteiger partial charge in [0.1, 0.15) is 0 Å². The highest BCUT2D eigenvalue weighted by molar-refractivity contribution is 6.39. The number of nitrogens with zero attached hydrogens (tertiary/aromatic N) is 2. The molecule has 158 valence electrons. The standard InChI is InChI=1S/C23H27N3O4/c1-16(2)18-5-3-4-6-19(18)24-22(27)23(28)26-11-9-25(10-12-26)14-17-7-8-20-21(13-17)30-15-29-20/h3-8,13,16H,9-12,14-15H2,1-2H3,(H,24,27). The predicted octanol–water partition coefficient (Wildman–Crippen LogP) is 2.82. The fourth-order valence-electron chi connectivity index (χ4n) is 3.84. The van der Waals surface area contributed by atoms with E-state index in [9.17, 15) is 9.59 Å². The number of amides is 2. The molecule has 30 heavy (non-hydrogen) atoms. The molecule has 1 fully saturated rings. The lowest BCUT2D eigenvalue weighted by atomic mass is 10.0. The van der Waals surface area contributed by atoms with Gasteiger partial charge in [0.05, 0.1) is 0 Å². The van der Waals surface area contributed by atoms with E-state index in [0.29, 0.717) is 18.8 Å². The third-order valence-electron chi connectivity index (χ3n) is 5.53. The number of carbonyl (C=O) groups is 2. The number of benzene rings is 2. The van der Waals surface area contributed by atoms with Gasteiger partial charge in [0, 0.05) is 38.4 Å². The molecule has 1 saturated heterocycles. The summed E-state index contributed by atoms with van der Waals surface area (Å²) in [5, 5.41) is 2.79. The van der Waals surface area contributed by atoms with Crippen molar-refractivity contribution in [1.82, 2.24) is 9.80 Å². The average molecular weight is 409 g/mol. The molecule has 0 unspecified atom stereocenters. The summed E-state index contributed by atoms with van der Waals surface area (Å²) in [5.74, 6) is 0.763. The molecule has 0 saturated carbocycles. The summed E-state index contributed by atoms with van der Waals surface area (Å²) >= 11 is 0. The molecular weight excluding hydrogens is 382 g/mol. The minimum absolute atomic E-state index is 0.260. The van der Waals surface area contributed by atoms with Crippen LogP contribution < -0.4 is 14.8 Å². The van der Waals surface area contributed by atoms with Crippen LogP contribution >= 0.6 is 0 Å². The second-order valence-electron chi connectivity index (χ2n) is 7.95. The van der Waals surface area contributed by atoms with Crippen molar-refractivity contribution >= 4 is 17.5 Å². The number of hydrogen-bond acceptors (Lipinski definition) is 5. The lowest BCUT2D eigenvalue weighted by Gasteiger charge is -2.34. The smallest absolute Gasteiger partial charge is 0.313 e. The third-order valence-corrected chi connectivity index (χ3v) is 5.53. The van der Waals surface area contributed by atoms with Gasteiger partial charge in [0.2, 0.25) is 6.79 Å². The number of ether oxygens (including phenoxy) is 2. The van der Waals surface area contributed by atoms with Crippen molar-refractivity contribution in [2.75, 3.05) is 38.3 Å². The fraction of sp³-hybridized carbons (Fsp3) is 0.391. The Bertz CT molecular complexity index is 936. The summed E-state index contributed by atoms with van der Waals surface area (Å²) in [6.07, 6.45) is 0. The number of hydrogen-bond donors (Lipinski definition) is 1. The molecule has 2 aliphatic heterocycles. The second kappa shape index (κ2) is 8.75. The zero-order chi connectivity index (χ0) is 21.1. The molecule has 0 atom stereocenters. The van der Waals surface area contributed by atoms with Crippen molar-refractivity contribution in [3.8, 4) is 11.5 Å². The van der Waals surface area contributed by atoms with Crippen molar-refractivity contribution < 1.29 is 19.1 Å². The Hall–Kier alpha value is -3.06. The molecule has 0 spiro atoms. The Morgan fingerprint density at radius 3 is 2.50 bits per heavy atom. The molecule has 1 N–H and O–H groups in total. The summed E-state index contributed by atoms with van der Waals surface area (Å²) in [7, 11) is 0. The van der Waals surface area contributed by atoms with Gasteiger partial charge in [-0.05, 0) is 35.2 Å². The number of fused-ring (bicyclic) bond motifs is 1. The normalized spacial score (nSPS) is 16.0. The van der Waals surface area contributed by atoms with E-state index in [1.54, 1.807) is 4.90 Å². The Balaban J connectivity index is 1.30. The molecule has 0 aromatic heterocycles. The lowest BCUT2D eigenvalue weighted by molar-refractivity contribution is -0.144. The van der Waals surface area contributed by atoms with Crippen LogP contribution in [0.2, 0.25) is 0 Å². The molecular formula is C23H27N3O4. The van der Waals surface area contributed by atoms with E-state index in [1.807, 2.05) is 42.5 Å².